The van der Waals surface area contributed by atoms with Gasteiger partial charge in [0.15, 0.2) is 5.79 Å². The molecule has 13 heteroatoms. The van der Waals surface area contributed by atoms with E-state index in [-0.39, 0.29) is 35.7 Å². The summed E-state index contributed by atoms with van der Waals surface area (Å²) in [5, 5.41) is 34.5. The van der Waals surface area contributed by atoms with Gasteiger partial charge in [0, 0.05) is 35.7 Å². The molecule has 5 aliphatic heterocycles. The average Bonchev–Trinajstić information content (AvgIpc) is 3.61. The highest BCUT2D eigenvalue weighted by Gasteiger charge is 2.63. The molecule has 62 heavy (non-hydrogen) atoms. The number of carbonyl (C=O) groups is 3. The second-order valence-corrected chi connectivity index (χ2v) is 19.8. The number of aliphatic hydroxyl groups excluding tert-OH is 2. The van der Waals surface area contributed by atoms with E-state index in [0.29, 0.717) is 63.4 Å². The van der Waals surface area contributed by atoms with Crippen molar-refractivity contribution in [2.45, 2.75) is 199 Å². The van der Waals surface area contributed by atoms with Crippen molar-refractivity contribution < 1.29 is 58.2 Å². The molecule has 1 amide bonds. The Kier molecular flexibility index (Phi) is 15.2. The van der Waals surface area contributed by atoms with Crippen molar-refractivity contribution in [1.29, 1.82) is 0 Å². The zero-order chi connectivity index (χ0) is 45.4. The molecule has 0 aliphatic carbocycles. The van der Waals surface area contributed by atoms with E-state index in [1.54, 1.807) is 49.4 Å². The van der Waals surface area contributed by atoms with Gasteiger partial charge in [-0.15, -0.1) is 0 Å². The Balaban J connectivity index is 1.11. The molecule has 4 saturated heterocycles. The van der Waals surface area contributed by atoms with Crippen molar-refractivity contribution in [3.05, 3.63) is 48.0 Å². The summed E-state index contributed by atoms with van der Waals surface area (Å²) in [6.45, 7) is 19.6. The van der Waals surface area contributed by atoms with Gasteiger partial charge in [0.05, 0.1) is 53.7 Å². The predicted octanol–water partition coefficient (Wildman–Crippen LogP) is 6.99. The van der Waals surface area contributed by atoms with Crippen molar-refractivity contribution in [2.75, 3.05) is 0 Å². The first-order valence-corrected chi connectivity index (χ1v) is 23.5. The Morgan fingerprint density at radius 3 is 2.23 bits per heavy atom. The number of ketones is 1. The van der Waals surface area contributed by atoms with Gasteiger partial charge in [0.25, 0.3) is 5.91 Å². The minimum atomic E-state index is -1.39. The van der Waals surface area contributed by atoms with Crippen LogP contribution in [-0.2, 0) is 38.1 Å². The summed E-state index contributed by atoms with van der Waals surface area (Å²) in [7, 11) is 0. The lowest BCUT2D eigenvalue weighted by Gasteiger charge is -2.54. The van der Waals surface area contributed by atoms with Crippen LogP contribution in [0.3, 0.4) is 0 Å². The van der Waals surface area contributed by atoms with Gasteiger partial charge >= 0.3 is 5.97 Å². The van der Waals surface area contributed by atoms with E-state index < -0.39 is 88.8 Å². The van der Waals surface area contributed by atoms with Crippen molar-refractivity contribution in [3.8, 4) is 0 Å². The minimum Gasteiger partial charge on any atom is -0.392 e. The molecule has 0 bridgehead atoms. The lowest BCUT2D eigenvalue weighted by atomic mass is 9.72. The molecule has 0 aromatic heterocycles. The fourth-order valence-corrected chi connectivity index (χ4v) is 11.3. The molecule has 1 aromatic carbocycles. The molecular weight excluding hydrogens is 795 g/mol. The summed E-state index contributed by atoms with van der Waals surface area (Å²) in [6.07, 6.45) is 5.02. The van der Waals surface area contributed by atoms with E-state index in [1.807, 2.05) is 41.5 Å². The third kappa shape index (κ3) is 9.48. The summed E-state index contributed by atoms with van der Waals surface area (Å²) in [4.78, 5) is 45.7. The lowest BCUT2D eigenvalue weighted by Crippen LogP contribution is -2.63. The van der Waals surface area contributed by atoms with E-state index in [0.717, 1.165) is 6.42 Å². The Morgan fingerprint density at radius 2 is 1.58 bits per heavy atom. The number of hydrogen-bond donors (Lipinski definition) is 4. The van der Waals surface area contributed by atoms with Crippen LogP contribution in [0, 0.1) is 41.4 Å². The Bertz CT molecular complexity index is 1740. The van der Waals surface area contributed by atoms with Crippen LogP contribution in [0.25, 0.3) is 0 Å². The molecule has 6 rings (SSSR count). The van der Waals surface area contributed by atoms with Gasteiger partial charge < -0.3 is 43.8 Å². The highest BCUT2D eigenvalue weighted by molar-refractivity contribution is 5.94. The number of amides is 1. The molecular formula is C49H75NO12. The number of aliphatic hydroxyl groups is 3. The maximum absolute atomic E-state index is 14.6. The van der Waals surface area contributed by atoms with Gasteiger partial charge in [-0.3, -0.25) is 9.59 Å². The van der Waals surface area contributed by atoms with Crippen LogP contribution in [0.2, 0.25) is 0 Å². The quantitative estimate of drug-likeness (QED) is 0.118. The summed E-state index contributed by atoms with van der Waals surface area (Å²) in [6, 6.07) is 8.51. The first-order chi connectivity index (χ1) is 29.3. The van der Waals surface area contributed by atoms with Gasteiger partial charge in [0.1, 0.15) is 11.9 Å². The number of Topliss-reactive ketones (excluding diaryl/α,β-unsaturated/α-hetero) is 1. The normalized spacial score (nSPS) is 41.0. The first kappa shape index (κ1) is 48.7. The van der Waals surface area contributed by atoms with Crippen molar-refractivity contribution in [2.24, 2.45) is 41.4 Å². The Hall–Kier alpha value is -2.75. The van der Waals surface area contributed by atoms with Crippen LogP contribution in [-0.4, -0.2) is 98.5 Å². The molecule has 4 fully saturated rings. The Morgan fingerprint density at radius 1 is 0.887 bits per heavy atom. The third-order valence-electron chi connectivity index (χ3n) is 15.7. The molecule has 5 aliphatic rings. The molecule has 5 heterocycles. The highest BCUT2D eigenvalue weighted by atomic mass is 16.8. The summed E-state index contributed by atoms with van der Waals surface area (Å²) >= 11 is 0. The molecule has 0 unspecified atom stereocenters. The van der Waals surface area contributed by atoms with Gasteiger partial charge in [-0.05, 0) is 108 Å². The van der Waals surface area contributed by atoms with E-state index in [4.69, 9.17) is 28.5 Å². The standard InChI is InChI=1S/C49H75NO12/c1-11-35(45(55)60-50-44(54)34-17-15-14-16-18-34)37-20-19-28(4)42(58-37)32(8)40(52)31(7)41(53)36(12-2)43-29(5)27-30(6)48(59-43)24-21-38(51)49(62-48)26-25-46(10,61-49)39-22-23-47(56,13-3)33(9)57-39/h14-18,21,24,28-33,35-40,42-43,51-52,56H,11-13,19-20,22-23,25-27H2,1-10H3,(H,50,54)/t28-,29-,30+,31-,32-,33-,35+,36-,37+,38+,39+,40+,42+,43-,46-,47+,48-,49-/m0/s1. The molecule has 0 saturated carbocycles. The number of nitrogens with one attached hydrogen (secondary N) is 1. The van der Waals surface area contributed by atoms with Gasteiger partial charge in [0.2, 0.25) is 5.79 Å². The van der Waals surface area contributed by atoms with E-state index >= 15 is 0 Å². The molecule has 18 atom stereocenters. The number of ether oxygens (including phenoxy) is 5. The van der Waals surface area contributed by atoms with Crippen LogP contribution in [0.5, 0.6) is 0 Å². The van der Waals surface area contributed by atoms with Crippen LogP contribution < -0.4 is 5.48 Å². The van der Waals surface area contributed by atoms with E-state index in [2.05, 4.69) is 26.3 Å². The number of carbonyl (C=O) groups excluding carboxylic acids is 3. The van der Waals surface area contributed by atoms with Gasteiger partial charge in [-0.1, -0.05) is 73.6 Å². The minimum absolute atomic E-state index is 0.0130. The Labute approximate surface area is 368 Å². The van der Waals surface area contributed by atoms with E-state index in [9.17, 15) is 29.7 Å². The van der Waals surface area contributed by atoms with Crippen molar-refractivity contribution >= 4 is 17.7 Å². The fraction of sp³-hybridized carbons (Fsp3) is 0.776. The predicted molar refractivity (Wildman–Crippen MR) is 231 cm³/mol. The smallest absolute Gasteiger partial charge is 0.337 e. The molecule has 2 spiro atoms. The number of hydroxylamine groups is 1. The fourth-order valence-electron chi connectivity index (χ4n) is 11.3. The first-order valence-electron chi connectivity index (χ1n) is 23.5. The second kappa shape index (κ2) is 19.4. The topological polar surface area (TPSA) is 179 Å². The average molecular weight is 870 g/mol. The maximum atomic E-state index is 14.6. The van der Waals surface area contributed by atoms with Crippen LogP contribution >= 0.6 is 0 Å². The number of rotatable bonds is 13. The van der Waals surface area contributed by atoms with Crippen molar-refractivity contribution in [1.82, 2.24) is 5.48 Å². The summed E-state index contributed by atoms with van der Waals surface area (Å²) < 4.78 is 33.8. The van der Waals surface area contributed by atoms with Gasteiger partial charge in [-0.25, -0.2) is 4.79 Å². The summed E-state index contributed by atoms with van der Waals surface area (Å²) in [5.74, 6) is -6.36. The molecule has 1 aromatic rings. The zero-order valence-electron chi connectivity index (χ0n) is 38.7. The highest BCUT2D eigenvalue weighted by Crippen LogP contribution is 2.54. The maximum Gasteiger partial charge on any atom is 0.337 e. The lowest BCUT2D eigenvalue weighted by molar-refractivity contribution is -0.409. The molecule has 4 N–H and O–H groups in total. The largest absolute Gasteiger partial charge is 0.392 e. The zero-order valence-corrected chi connectivity index (χ0v) is 38.7. The molecule has 348 valence electrons. The van der Waals surface area contributed by atoms with Crippen LogP contribution in [0.15, 0.2) is 42.5 Å². The van der Waals surface area contributed by atoms with Crippen LogP contribution in [0.4, 0.5) is 0 Å². The monoisotopic (exact) mass is 870 g/mol. The van der Waals surface area contributed by atoms with Crippen molar-refractivity contribution in [3.63, 3.8) is 0 Å². The van der Waals surface area contributed by atoms with Crippen LogP contribution in [0.1, 0.15) is 144 Å². The molecule has 13 nitrogen and oxygen atoms in total. The number of benzene rings is 1. The summed E-state index contributed by atoms with van der Waals surface area (Å²) in [5.41, 5.74) is 0.979. The third-order valence-corrected chi connectivity index (χ3v) is 15.7. The molecule has 0 radical (unpaired) electrons. The number of hydrogen-bond acceptors (Lipinski definition) is 12. The second-order valence-electron chi connectivity index (χ2n) is 19.8. The van der Waals surface area contributed by atoms with Gasteiger partial charge in [-0.2, -0.15) is 5.48 Å². The SMILES string of the molecule is CC[C@@H](C(=O)[C@@H](C)[C@@H](O)[C@H](C)[C@@H]1O[C@@H]([C@@H](CC)C(=O)ONC(=O)c2ccccc2)CC[C@@H]1C)[C@H]1O[C@]2(C=C[C@@H](O)[C@]3(CC[C@@](C)([C@H]4CC[C@](O)(CC)[C@H](C)O4)O3)O2)[C@H](C)C[C@@H]1C. The van der Waals surface area contributed by atoms with E-state index in [1.165, 1.54) is 0 Å².